The van der Waals surface area contributed by atoms with Crippen molar-refractivity contribution >= 4 is 8.32 Å². The van der Waals surface area contributed by atoms with E-state index < -0.39 is 8.32 Å². The van der Waals surface area contributed by atoms with Crippen LogP contribution in [0.15, 0.2) is 36.9 Å². The fourth-order valence-electron chi connectivity index (χ4n) is 2.02. The van der Waals surface area contributed by atoms with Gasteiger partial charge in [0.25, 0.3) is 0 Å². The molecule has 130 valence electrons. The average Bonchev–Trinajstić information content (AvgIpc) is 2.47. The van der Waals surface area contributed by atoms with Crippen LogP contribution in [0.25, 0.3) is 0 Å². The molecule has 4 nitrogen and oxygen atoms in total. The molecule has 0 radical (unpaired) electrons. The highest BCUT2D eigenvalue weighted by atomic mass is 28.4. The van der Waals surface area contributed by atoms with E-state index >= 15 is 0 Å². The Bertz CT molecular complexity index is 472. The Morgan fingerprint density at radius 3 is 2.26 bits per heavy atom. The minimum atomic E-state index is -1.63. The molecule has 0 amide bonds. The summed E-state index contributed by atoms with van der Waals surface area (Å²) in [4.78, 5) is 0. The third-order valence-electron chi connectivity index (χ3n) is 2.90. The highest BCUT2D eigenvalue weighted by Gasteiger charge is 2.22. The Hall–Kier alpha value is -1.30. The van der Waals surface area contributed by atoms with Crippen molar-refractivity contribution in [3.05, 3.63) is 36.9 Å². The number of nitrogens with one attached hydrogen (secondary N) is 1. The van der Waals surface area contributed by atoms with Crippen molar-refractivity contribution in [1.29, 1.82) is 0 Å². The van der Waals surface area contributed by atoms with Gasteiger partial charge >= 0.3 is 0 Å². The van der Waals surface area contributed by atoms with Gasteiger partial charge in [-0.2, -0.15) is 0 Å². The first-order valence-corrected chi connectivity index (χ1v) is 11.6. The second kappa shape index (κ2) is 9.75. The van der Waals surface area contributed by atoms with Gasteiger partial charge in [0.15, 0.2) is 19.8 Å². The molecule has 23 heavy (non-hydrogen) atoms. The van der Waals surface area contributed by atoms with E-state index in [1.807, 2.05) is 24.3 Å². The van der Waals surface area contributed by atoms with E-state index in [9.17, 15) is 0 Å². The zero-order chi connectivity index (χ0) is 17.3. The lowest BCUT2D eigenvalue weighted by Gasteiger charge is -2.27. The number of ether oxygens (including phenoxy) is 2. The highest BCUT2D eigenvalue weighted by molar-refractivity contribution is 6.69. The van der Waals surface area contributed by atoms with Crippen LogP contribution < -0.4 is 14.8 Å². The van der Waals surface area contributed by atoms with Gasteiger partial charge in [0.1, 0.15) is 13.2 Å². The Kier molecular flexibility index (Phi) is 8.37. The van der Waals surface area contributed by atoms with E-state index in [1.54, 1.807) is 6.08 Å². The quantitative estimate of drug-likeness (QED) is 0.492. The van der Waals surface area contributed by atoms with Gasteiger partial charge < -0.3 is 19.2 Å². The van der Waals surface area contributed by atoms with E-state index in [2.05, 4.69) is 45.4 Å². The lowest BCUT2D eigenvalue weighted by atomic mass is 10.3. The molecule has 0 bridgehead atoms. The summed E-state index contributed by atoms with van der Waals surface area (Å²) in [6.07, 6.45) is 1.75. The molecule has 0 aliphatic rings. The zero-order valence-electron chi connectivity index (χ0n) is 15.1. The molecular formula is C18H31NO3Si. The van der Waals surface area contributed by atoms with Crippen molar-refractivity contribution < 1.29 is 13.9 Å². The molecule has 1 rings (SSSR count). The van der Waals surface area contributed by atoms with E-state index in [1.165, 1.54) is 0 Å². The van der Waals surface area contributed by atoms with Gasteiger partial charge in [-0.05, 0) is 31.8 Å². The van der Waals surface area contributed by atoms with Crippen molar-refractivity contribution in [3.8, 4) is 11.5 Å². The Morgan fingerprint density at radius 2 is 1.74 bits per heavy atom. The number of hydrogen-bond acceptors (Lipinski definition) is 4. The lowest BCUT2D eigenvalue weighted by molar-refractivity contribution is 0.117. The molecule has 0 aliphatic heterocycles. The minimum absolute atomic E-state index is 0.0246. The van der Waals surface area contributed by atoms with Gasteiger partial charge in [-0.1, -0.05) is 38.6 Å². The van der Waals surface area contributed by atoms with Gasteiger partial charge in [-0.25, -0.2) is 0 Å². The summed E-state index contributed by atoms with van der Waals surface area (Å²) in [5, 5.41) is 3.43. The van der Waals surface area contributed by atoms with Crippen LogP contribution in [-0.4, -0.2) is 40.2 Å². The van der Waals surface area contributed by atoms with E-state index in [-0.39, 0.29) is 6.10 Å². The van der Waals surface area contributed by atoms with Crippen molar-refractivity contribution in [2.75, 3.05) is 19.8 Å². The molecule has 0 saturated carbocycles. The molecule has 1 atom stereocenters. The maximum atomic E-state index is 6.23. The first kappa shape index (κ1) is 19.7. The summed E-state index contributed by atoms with van der Waals surface area (Å²) >= 11 is 0. The normalized spacial score (nSPS) is 13.0. The zero-order valence-corrected chi connectivity index (χ0v) is 16.1. The number of hydrogen-bond donors (Lipinski definition) is 1. The molecule has 1 aromatic rings. The smallest absolute Gasteiger partial charge is 0.184 e. The first-order valence-electron chi connectivity index (χ1n) is 8.18. The molecule has 0 fully saturated rings. The molecule has 0 saturated heterocycles. The lowest BCUT2D eigenvalue weighted by Crippen LogP contribution is -2.43. The first-order chi connectivity index (χ1) is 10.8. The molecule has 5 heteroatoms. The number of rotatable bonds is 11. The third-order valence-corrected chi connectivity index (χ3v) is 3.95. The molecule has 0 aliphatic carbocycles. The van der Waals surface area contributed by atoms with E-state index in [4.69, 9.17) is 13.9 Å². The minimum Gasteiger partial charge on any atom is -0.487 e. The van der Waals surface area contributed by atoms with Crippen LogP contribution in [0, 0.1) is 0 Å². The van der Waals surface area contributed by atoms with Gasteiger partial charge in [-0.3, -0.25) is 0 Å². The van der Waals surface area contributed by atoms with Crippen molar-refractivity contribution in [3.63, 3.8) is 0 Å². The largest absolute Gasteiger partial charge is 0.487 e. The summed E-state index contributed by atoms with van der Waals surface area (Å²) in [6, 6.07) is 8.11. The third kappa shape index (κ3) is 8.79. The monoisotopic (exact) mass is 337 g/mol. The molecule has 0 heterocycles. The van der Waals surface area contributed by atoms with Crippen LogP contribution in [-0.2, 0) is 4.43 Å². The topological polar surface area (TPSA) is 39.7 Å². The number of para-hydroxylation sites is 2. The molecule has 1 unspecified atom stereocenters. The van der Waals surface area contributed by atoms with Crippen LogP contribution in [0.2, 0.25) is 19.6 Å². The van der Waals surface area contributed by atoms with E-state index in [0.717, 1.165) is 18.0 Å². The van der Waals surface area contributed by atoms with Gasteiger partial charge in [0.2, 0.25) is 0 Å². The van der Waals surface area contributed by atoms with Crippen molar-refractivity contribution in [1.82, 2.24) is 5.32 Å². The second-order valence-corrected chi connectivity index (χ2v) is 11.2. The molecule has 0 aromatic heterocycles. The molecule has 0 spiro atoms. The fraction of sp³-hybridized carbons (Fsp3) is 0.556. The summed E-state index contributed by atoms with van der Waals surface area (Å²) in [6.45, 7) is 16.2. The van der Waals surface area contributed by atoms with Crippen molar-refractivity contribution in [2.45, 2.75) is 45.6 Å². The summed E-state index contributed by atoms with van der Waals surface area (Å²) in [5.41, 5.74) is 0. The van der Waals surface area contributed by atoms with Crippen LogP contribution in [0.4, 0.5) is 0 Å². The maximum absolute atomic E-state index is 6.23. The Morgan fingerprint density at radius 1 is 1.13 bits per heavy atom. The Balaban J connectivity index is 2.67. The summed E-state index contributed by atoms with van der Waals surface area (Å²) in [5.74, 6) is 1.47. The SMILES string of the molecule is C=CCOc1ccccc1OCC(CNC(C)C)O[Si](C)(C)C. The van der Waals surface area contributed by atoms with Crippen LogP contribution in [0.1, 0.15) is 13.8 Å². The molecule has 1 N–H and O–H groups in total. The van der Waals surface area contributed by atoms with Crippen molar-refractivity contribution in [2.24, 2.45) is 0 Å². The molecular weight excluding hydrogens is 306 g/mol. The predicted octanol–water partition coefficient (Wildman–Crippen LogP) is 3.85. The van der Waals surface area contributed by atoms with Crippen LogP contribution in [0.5, 0.6) is 11.5 Å². The van der Waals surface area contributed by atoms with Crippen LogP contribution >= 0.6 is 0 Å². The molecule has 1 aromatic carbocycles. The Labute approximate surface area is 142 Å². The van der Waals surface area contributed by atoms with Gasteiger partial charge in [0, 0.05) is 12.6 Å². The standard InChI is InChI=1S/C18H31NO3Si/c1-7-12-20-17-10-8-9-11-18(17)21-14-16(13-19-15(2)3)22-23(4,5)6/h7-11,15-16,19H,1,12-14H2,2-6H3. The maximum Gasteiger partial charge on any atom is 0.184 e. The highest BCUT2D eigenvalue weighted by Crippen LogP contribution is 2.26. The van der Waals surface area contributed by atoms with E-state index in [0.29, 0.717) is 19.3 Å². The van der Waals surface area contributed by atoms with Crippen LogP contribution in [0.3, 0.4) is 0 Å². The summed E-state index contributed by atoms with van der Waals surface area (Å²) in [7, 11) is -1.63. The average molecular weight is 338 g/mol. The summed E-state index contributed by atoms with van der Waals surface area (Å²) < 4.78 is 17.8. The number of benzene rings is 1. The van der Waals surface area contributed by atoms with Gasteiger partial charge in [-0.15, -0.1) is 0 Å². The van der Waals surface area contributed by atoms with Gasteiger partial charge in [0.05, 0.1) is 6.10 Å². The fourth-order valence-corrected chi connectivity index (χ4v) is 3.17. The second-order valence-electron chi connectivity index (χ2n) is 6.77. The predicted molar refractivity (Wildman–Crippen MR) is 99.0 cm³/mol.